The van der Waals surface area contributed by atoms with Gasteiger partial charge >= 0.3 is 0 Å². The predicted octanol–water partition coefficient (Wildman–Crippen LogP) is 4.10. The maximum atomic E-state index is 12.4. The van der Waals surface area contributed by atoms with Crippen LogP contribution in [-0.2, 0) is 4.79 Å². The van der Waals surface area contributed by atoms with E-state index in [1.807, 2.05) is 6.07 Å². The third-order valence-corrected chi connectivity index (χ3v) is 6.10. The normalized spacial score (nSPS) is 17.2. The molecule has 3 heterocycles. The van der Waals surface area contributed by atoms with Crippen molar-refractivity contribution in [2.24, 2.45) is 5.92 Å². The Kier molecular flexibility index (Phi) is 5.34. The number of nitrogens with zero attached hydrogens (tertiary/aromatic N) is 3. The first-order chi connectivity index (χ1) is 13.3. The molecule has 0 spiro atoms. The zero-order chi connectivity index (χ0) is 18.6. The molecule has 1 amide bonds. The first kappa shape index (κ1) is 17.9. The van der Waals surface area contributed by atoms with E-state index >= 15 is 0 Å². The molecule has 1 fully saturated rings. The SMILES string of the molecule is CCCNC(=O)C1CCCN(c2ncnc3sc(-c4ccccc4)cc23)C1. The van der Waals surface area contributed by atoms with E-state index in [2.05, 4.69) is 57.4 Å². The fraction of sp³-hybridized carbons (Fsp3) is 0.381. The molecular formula is C21H24N4OS. The first-order valence-corrected chi connectivity index (χ1v) is 10.4. The van der Waals surface area contributed by atoms with Gasteiger partial charge in [-0.2, -0.15) is 0 Å². The van der Waals surface area contributed by atoms with Crippen molar-refractivity contribution in [3.63, 3.8) is 0 Å². The zero-order valence-corrected chi connectivity index (χ0v) is 16.3. The highest BCUT2D eigenvalue weighted by molar-refractivity contribution is 7.21. The van der Waals surface area contributed by atoms with Crippen molar-refractivity contribution in [3.05, 3.63) is 42.7 Å². The second-order valence-electron chi connectivity index (χ2n) is 6.97. The molecule has 1 unspecified atom stereocenters. The summed E-state index contributed by atoms with van der Waals surface area (Å²) in [7, 11) is 0. The minimum absolute atomic E-state index is 0.0301. The molecular weight excluding hydrogens is 356 g/mol. The molecule has 6 heteroatoms. The van der Waals surface area contributed by atoms with Crippen LogP contribution < -0.4 is 10.2 Å². The molecule has 1 aromatic carbocycles. The Balaban J connectivity index is 1.61. The molecule has 0 bridgehead atoms. The fourth-order valence-corrected chi connectivity index (χ4v) is 4.61. The molecule has 1 saturated heterocycles. The maximum absolute atomic E-state index is 12.4. The van der Waals surface area contributed by atoms with Crippen LogP contribution in [0.5, 0.6) is 0 Å². The number of thiophene rings is 1. The van der Waals surface area contributed by atoms with E-state index in [1.165, 1.54) is 10.4 Å². The largest absolute Gasteiger partial charge is 0.356 e. The Bertz CT molecular complexity index is 924. The van der Waals surface area contributed by atoms with Crippen LogP contribution in [0.1, 0.15) is 26.2 Å². The number of piperidine rings is 1. The zero-order valence-electron chi connectivity index (χ0n) is 15.5. The van der Waals surface area contributed by atoms with E-state index in [9.17, 15) is 4.79 Å². The Labute approximate surface area is 163 Å². The lowest BCUT2D eigenvalue weighted by Crippen LogP contribution is -2.43. The van der Waals surface area contributed by atoms with E-state index in [1.54, 1.807) is 17.7 Å². The summed E-state index contributed by atoms with van der Waals surface area (Å²) in [5, 5.41) is 4.12. The third kappa shape index (κ3) is 3.81. The molecule has 1 aliphatic rings. The van der Waals surface area contributed by atoms with Gasteiger partial charge in [0.2, 0.25) is 5.91 Å². The van der Waals surface area contributed by atoms with Crippen molar-refractivity contribution in [1.29, 1.82) is 0 Å². The van der Waals surface area contributed by atoms with Crippen molar-refractivity contribution in [2.45, 2.75) is 26.2 Å². The summed E-state index contributed by atoms with van der Waals surface area (Å²) in [6, 6.07) is 12.6. The summed E-state index contributed by atoms with van der Waals surface area (Å²) in [5.41, 5.74) is 1.20. The summed E-state index contributed by atoms with van der Waals surface area (Å²) in [6.45, 7) is 4.47. The van der Waals surface area contributed by atoms with Gasteiger partial charge in [0.05, 0.1) is 11.3 Å². The Morgan fingerprint density at radius 2 is 2.15 bits per heavy atom. The average Bonchev–Trinajstić information content (AvgIpc) is 3.17. The van der Waals surface area contributed by atoms with Crippen LogP contribution in [0.15, 0.2) is 42.7 Å². The first-order valence-electron chi connectivity index (χ1n) is 9.59. The molecule has 4 rings (SSSR count). The van der Waals surface area contributed by atoms with E-state index in [4.69, 9.17) is 0 Å². The van der Waals surface area contributed by atoms with E-state index in [0.717, 1.165) is 54.9 Å². The Morgan fingerprint density at radius 1 is 1.30 bits per heavy atom. The van der Waals surface area contributed by atoms with Crippen molar-refractivity contribution < 1.29 is 4.79 Å². The van der Waals surface area contributed by atoms with Crippen LogP contribution in [0.3, 0.4) is 0 Å². The van der Waals surface area contributed by atoms with Crippen LogP contribution in [0.25, 0.3) is 20.7 Å². The molecule has 1 atom stereocenters. The third-order valence-electron chi connectivity index (χ3n) is 5.01. The summed E-state index contributed by atoms with van der Waals surface area (Å²) in [5.74, 6) is 1.15. The summed E-state index contributed by atoms with van der Waals surface area (Å²) < 4.78 is 0. The van der Waals surface area contributed by atoms with Crippen LogP contribution >= 0.6 is 11.3 Å². The second kappa shape index (κ2) is 8.05. The lowest BCUT2D eigenvalue weighted by atomic mass is 9.97. The fourth-order valence-electron chi connectivity index (χ4n) is 3.62. The molecule has 5 nitrogen and oxygen atoms in total. The van der Waals surface area contributed by atoms with Gasteiger partial charge in [-0.05, 0) is 30.9 Å². The Morgan fingerprint density at radius 3 is 2.96 bits per heavy atom. The van der Waals surface area contributed by atoms with Gasteiger partial charge in [0.25, 0.3) is 0 Å². The lowest BCUT2D eigenvalue weighted by Gasteiger charge is -2.33. The van der Waals surface area contributed by atoms with Gasteiger partial charge in [-0.25, -0.2) is 9.97 Å². The predicted molar refractivity (Wildman–Crippen MR) is 111 cm³/mol. The second-order valence-corrected chi connectivity index (χ2v) is 8.00. The van der Waals surface area contributed by atoms with Crippen LogP contribution in [-0.4, -0.2) is 35.5 Å². The quantitative estimate of drug-likeness (QED) is 0.724. The van der Waals surface area contributed by atoms with Gasteiger partial charge in [-0.15, -0.1) is 11.3 Å². The number of carbonyl (C=O) groups is 1. The van der Waals surface area contributed by atoms with Gasteiger partial charge in [-0.3, -0.25) is 4.79 Å². The topological polar surface area (TPSA) is 58.1 Å². The number of hydrogen-bond acceptors (Lipinski definition) is 5. The van der Waals surface area contributed by atoms with Gasteiger partial charge in [-0.1, -0.05) is 37.3 Å². The van der Waals surface area contributed by atoms with E-state index in [-0.39, 0.29) is 11.8 Å². The smallest absolute Gasteiger partial charge is 0.224 e. The highest BCUT2D eigenvalue weighted by atomic mass is 32.1. The summed E-state index contributed by atoms with van der Waals surface area (Å²) >= 11 is 1.69. The molecule has 2 aromatic heterocycles. The van der Waals surface area contributed by atoms with Gasteiger partial charge < -0.3 is 10.2 Å². The number of benzene rings is 1. The van der Waals surface area contributed by atoms with Crippen LogP contribution in [0.2, 0.25) is 0 Å². The van der Waals surface area contributed by atoms with Crippen molar-refractivity contribution in [1.82, 2.24) is 15.3 Å². The molecule has 1 N–H and O–H groups in total. The van der Waals surface area contributed by atoms with Crippen LogP contribution in [0, 0.1) is 5.92 Å². The number of anilines is 1. The number of fused-ring (bicyclic) bond motifs is 1. The minimum atomic E-state index is 0.0301. The van der Waals surface area contributed by atoms with Gasteiger partial charge in [0.15, 0.2) is 0 Å². The average molecular weight is 381 g/mol. The number of nitrogens with one attached hydrogen (secondary N) is 1. The van der Waals surface area contributed by atoms with Gasteiger partial charge in [0.1, 0.15) is 17.0 Å². The van der Waals surface area contributed by atoms with Crippen LogP contribution in [0.4, 0.5) is 5.82 Å². The van der Waals surface area contributed by atoms with Crippen molar-refractivity contribution >= 4 is 33.3 Å². The lowest BCUT2D eigenvalue weighted by molar-refractivity contribution is -0.125. The Hall–Kier alpha value is -2.47. The molecule has 0 aliphatic carbocycles. The van der Waals surface area contributed by atoms with Crippen molar-refractivity contribution in [3.8, 4) is 10.4 Å². The van der Waals surface area contributed by atoms with Gasteiger partial charge in [0, 0.05) is 24.5 Å². The molecule has 1 aliphatic heterocycles. The standard InChI is InChI=1S/C21H24N4OS/c1-2-10-22-20(26)16-9-6-11-25(13-16)19-17-12-18(15-7-4-3-5-8-15)27-21(17)24-14-23-19/h3-5,7-8,12,14,16H,2,6,9-11,13H2,1H3,(H,22,26). The summed E-state index contributed by atoms with van der Waals surface area (Å²) in [4.78, 5) is 25.9. The number of aromatic nitrogens is 2. The molecule has 3 aromatic rings. The molecule has 140 valence electrons. The summed E-state index contributed by atoms with van der Waals surface area (Å²) in [6.07, 6.45) is 4.56. The number of hydrogen-bond donors (Lipinski definition) is 1. The number of amides is 1. The molecule has 0 radical (unpaired) electrons. The molecule has 0 saturated carbocycles. The van der Waals surface area contributed by atoms with E-state index < -0.39 is 0 Å². The van der Waals surface area contributed by atoms with Crippen molar-refractivity contribution in [2.75, 3.05) is 24.5 Å². The minimum Gasteiger partial charge on any atom is -0.356 e. The highest BCUT2D eigenvalue weighted by Gasteiger charge is 2.27. The maximum Gasteiger partial charge on any atom is 0.224 e. The number of carbonyl (C=O) groups excluding carboxylic acids is 1. The molecule has 27 heavy (non-hydrogen) atoms. The number of rotatable bonds is 5. The van der Waals surface area contributed by atoms with E-state index in [0.29, 0.717) is 0 Å². The monoisotopic (exact) mass is 380 g/mol. The highest BCUT2D eigenvalue weighted by Crippen LogP contribution is 2.37.